The van der Waals surface area contributed by atoms with Crippen LogP contribution in [-0.4, -0.2) is 0 Å². The molecule has 0 radical (unpaired) electrons. The summed E-state index contributed by atoms with van der Waals surface area (Å²) in [5.74, 6) is 5.45. The summed E-state index contributed by atoms with van der Waals surface area (Å²) >= 11 is 0. The highest BCUT2D eigenvalue weighted by molar-refractivity contribution is 5.08. The van der Waals surface area contributed by atoms with Gasteiger partial charge in [-0.1, -0.05) is 52.9 Å². The summed E-state index contributed by atoms with van der Waals surface area (Å²) < 4.78 is 0. The van der Waals surface area contributed by atoms with E-state index in [4.69, 9.17) is 0 Å². The van der Waals surface area contributed by atoms with Crippen molar-refractivity contribution >= 4 is 0 Å². The van der Waals surface area contributed by atoms with Crippen LogP contribution in [0, 0.1) is 35.0 Å². The Hall–Kier alpha value is 0. The molecule has 116 valence electrons. The van der Waals surface area contributed by atoms with Crippen LogP contribution in [0.1, 0.15) is 91.4 Å². The van der Waals surface area contributed by atoms with Crippen molar-refractivity contribution in [1.82, 2.24) is 0 Å². The third-order valence-corrected chi connectivity index (χ3v) is 7.44. The molecule has 3 rings (SSSR count). The van der Waals surface area contributed by atoms with Gasteiger partial charge in [0.25, 0.3) is 0 Å². The molecule has 5 unspecified atom stereocenters. The monoisotopic (exact) mass is 276 g/mol. The van der Waals surface area contributed by atoms with E-state index in [-0.39, 0.29) is 0 Å². The molecule has 0 bridgehead atoms. The first kappa shape index (κ1) is 14.9. The van der Waals surface area contributed by atoms with E-state index < -0.39 is 0 Å². The number of rotatable bonds is 4. The maximum atomic E-state index is 2.53. The fourth-order valence-corrected chi connectivity index (χ4v) is 7.04. The molecule has 0 aromatic carbocycles. The molecule has 0 aromatic heterocycles. The van der Waals surface area contributed by atoms with Crippen LogP contribution in [0.25, 0.3) is 0 Å². The van der Waals surface area contributed by atoms with Crippen molar-refractivity contribution in [2.45, 2.75) is 91.4 Å². The molecule has 0 amide bonds. The second-order valence-corrected chi connectivity index (χ2v) is 8.48. The van der Waals surface area contributed by atoms with Crippen LogP contribution in [-0.2, 0) is 0 Å². The highest BCUT2D eigenvalue weighted by Crippen LogP contribution is 2.67. The third kappa shape index (κ3) is 2.26. The van der Waals surface area contributed by atoms with Gasteiger partial charge in [-0.25, -0.2) is 0 Å². The zero-order chi connectivity index (χ0) is 14.2. The van der Waals surface area contributed by atoms with E-state index in [0.29, 0.717) is 0 Å². The molecule has 3 saturated carbocycles. The highest BCUT2D eigenvalue weighted by atomic mass is 14.6. The summed E-state index contributed by atoms with van der Waals surface area (Å²) in [5.41, 5.74) is 0.758. The van der Waals surface area contributed by atoms with Gasteiger partial charge >= 0.3 is 0 Å². The smallest absolute Gasteiger partial charge is 0.0235 e. The van der Waals surface area contributed by atoms with Crippen molar-refractivity contribution < 1.29 is 0 Å². The van der Waals surface area contributed by atoms with E-state index in [1.54, 1.807) is 25.7 Å². The van der Waals surface area contributed by atoms with Crippen LogP contribution >= 0.6 is 0 Å². The molecule has 0 saturated heterocycles. The molecule has 0 heterocycles. The molecule has 3 aliphatic carbocycles. The van der Waals surface area contributed by atoms with E-state index in [2.05, 4.69) is 20.8 Å². The lowest BCUT2D eigenvalue weighted by Crippen LogP contribution is -2.36. The summed E-state index contributed by atoms with van der Waals surface area (Å²) in [6, 6.07) is 0. The van der Waals surface area contributed by atoms with E-state index in [9.17, 15) is 0 Å². The van der Waals surface area contributed by atoms with Crippen LogP contribution in [0.3, 0.4) is 0 Å². The fraction of sp³-hybridized carbons (Fsp3) is 1.00. The van der Waals surface area contributed by atoms with E-state index in [1.807, 2.05) is 0 Å². The van der Waals surface area contributed by atoms with Gasteiger partial charge in [-0.2, -0.15) is 0 Å². The Bertz CT molecular complexity index is 312. The Morgan fingerprint density at radius 1 is 0.800 bits per heavy atom. The molecule has 0 heteroatoms. The lowest BCUT2D eigenvalue weighted by atomic mass is 9.60. The molecule has 0 nitrogen and oxygen atoms in total. The molecule has 0 aliphatic heterocycles. The summed E-state index contributed by atoms with van der Waals surface area (Å²) in [7, 11) is 0. The normalized spacial score (nSPS) is 43.0. The van der Waals surface area contributed by atoms with Crippen molar-refractivity contribution in [3.8, 4) is 0 Å². The topological polar surface area (TPSA) is 0 Å². The molecule has 20 heavy (non-hydrogen) atoms. The molecule has 5 atom stereocenters. The molecule has 3 fully saturated rings. The SMILES string of the molecule is CCCC1(CCC)C2CCCCC2C2CCC(C)CC21. The number of hydrogen-bond acceptors (Lipinski definition) is 0. The van der Waals surface area contributed by atoms with Crippen LogP contribution in [0.2, 0.25) is 0 Å². The zero-order valence-corrected chi connectivity index (χ0v) is 14.2. The van der Waals surface area contributed by atoms with Crippen LogP contribution in [0.15, 0.2) is 0 Å². The Balaban J connectivity index is 1.94. The van der Waals surface area contributed by atoms with Crippen LogP contribution in [0.4, 0.5) is 0 Å². The first-order valence-corrected chi connectivity index (χ1v) is 9.73. The molecule has 0 N–H and O–H groups in total. The molecular formula is C20H36. The highest BCUT2D eigenvalue weighted by Gasteiger charge is 2.59. The van der Waals surface area contributed by atoms with E-state index >= 15 is 0 Å². The van der Waals surface area contributed by atoms with Gasteiger partial charge in [-0.05, 0) is 73.5 Å². The van der Waals surface area contributed by atoms with Gasteiger partial charge in [0.1, 0.15) is 0 Å². The van der Waals surface area contributed by atoms with Crippen molar-refractivity contribution in [3.63, 3.8) is 0 Å². The average molecular weight is 277 g/mol. The lowest BCUT2D eigenvalue weighted by molar-refractivity contribution is 0.0459. The summed E-state index contributed by atoms with van der Waals surface area (Å²) in [6.45, 7) is 7.41. The van der Waals surface area contributed by atoms with Crippen LogP contribution < -0.4 is 0 Å². The van der Waals surface area contributed by atoms with Gasteiger partial charge in [-0.3, -0.25) is 0 Å². The Kier molecular flexibility index (Phi) is 4.48. The molecule has 0 aromatic rings. The standard InChI is InChI=1S/C20H36/c1-4-12-20(13-5-2)18-9-7-6-8-16(18)17-11-10-15(3)14-19(17)20/h15-19H,4-14H2,1-3H3. The van der Waals surface area contributed by atoms with Gasteiger partial charge in [0, 0.05) is 0 Å². The summed E-state index contributed by atoms with van der Waals surface area (Å²) in [5, 5.41) is 0. The second-order valence-electron chi connectivity index (χ2n) is 8.48. The summed E-state index contributed by atoms with van der Waals surface area (Å²) in [6.07, 6.45) is 16.8. The van der Waals surface area contributed by atoms with Gasteiger partial charge in [-0.15, -0.1) is 0 Å². The van der Waals surface area contributed by atoms with E-state index in [1.165, 1.54) is 44.9 Å². The molecule has 3 aliphatic rings. The number of fused-ring (bicyclic) bond motifs is 3. The predicted octanol–water partition coefficient (Wildman–Crippen LogP) is 6.45. The third-order valence-electron chi connectivity index (χ3n) is 7.44. The number of hydrogen-bond donors (Lipinski definition) is 0. The fourth-order valence-electron chi connectivity index (χ4n) is 7.04. The lowest BCUT2D eigenvalue weighted by Gasteiger charge is -2.45. The largest absolute Gasteiger partial charge is 0.0654 e. The van der Waals surface area contributed by atoms with Crippen molar-refractivity contribution in [1.29, 1.82) is 0 Å². The van der Waals surface area contributed by atoms with Gasteiger partial charge in [0.05, 0.1) is 0 Å². The second kappa shape index (κ2) is 6.01. The molecular weight excluding hydrogens is 240 g/mol. The predicted molar refractivity (Wildman–Crippen MR) is 87.7 cm³/mol. The minimum atomic E-state index is 0.758. The maximum absolute atomic E-state index is 2.53. The van der Waals surface area contributed by atoms with Gasteiger partial charge in [0.2, 0.25) is 0 Å². The van der Waals surface area contributed by atoms with Crippen molar-refractivity contribution in [3.05, 3.63) is 0 Å². The average Bonchev–Trinajstić information content (AvgIpc) is 2.71. The van der Waals surface area contributed by atoms with Gasteiger partial charge in [0.15, 0.2) is 0 Å². The van der Waals surface area contributed by atoms with Crippen LogP contribution in [0.5, 0.6) is 0 Å². The first-order chi connectivity index (χ1) is 9.73. The minimum absolute atomic E-state index is 0.758. The first-order valence-electron chi connectivity index (χ1n) is 9.73. The minimum Gasteiger partial charge on any atom is -0.0654 e. The molecule has 0 spiro atoms. The summed E-state index contributed by atoms with van der Waals surface area (Å²) in [4.78, 5) is 0. The zero-order valence-electron chi connectivity index (χ0n) is 14.2. The Labute approximate surface area is 127 Å². The van der Waals surface area contributed by atoms with Crippen molar-refractivity contribution in [2.75, 3.05) is 0 Å². The van der Waals surface area contributed by atoms with Crippen molar-refractivity contribution in [2.24, 2.45) is 35.0 Å². The van der Waals surface area contributed by atoms with Gasteiger partial charge < -0.3 is 0 Å². The quantitative estimate of drug-likeness (QED) is 0.554. The Morgan fingerprint density at radius 3 is 2.15 bits per heavy atom. The maximum Gasteiger partial charge on any atom is -0.0235 e. The Morgan fingerprint density at radius 2 is 1.45 bits per heavy atom. The van der Waals surface area contributed by atoms with E-state index in [0.717, 1.165) is 35.0 Å².